The van der Waals surface area contributed by atoms with E-state index in [0.717, 1.165) is 17.0 Å². The van der Waals surface area contributed by atoms with Crippen molar-refractivity contribution in [2.45, 2.75) is 39.2 Å². The van der Waals surface area contributed by atoms with Crippen molar-refractivity contribution in [1.29, 1.82) is 0 Å². The van der Waals surface area contributed by atoms with Gasteiger partial charge in [-0.1, -0.05) is 19.9 Å². The fourth-order valence-corrected chi connectivity index (χ4v) is 3.11. The molecular weight excluding hydrogens is 250 g/mol. The first-order valence-electron chi connectivity index (χ1n) is 5.78. The largest absolute Gasteiger partial charge is 0.301 e. The molecule has 0 saturated heterocycles. The van der Waals surface area contributed by atoms with Gasteiger partial charge in [-0.3, -0.25) is 5.10 Å². The van der Waals surface area contributed by atoms with Crippen molar-refractivity contribution < 1.29 is 0 Å². The molecule has 2 heterocycles. The summed E-state index contributed by atoms with van der Waals surface area (Å²) >= 11 is 7.10. The standard InChI is InChI=1S/C12H17N3S2/c1-8(2)11-13-14-12(16)15(11)9(3)7-10-5-4-6-17-10/h4-6,8-9H,7H2,1-3H3,(H,14,16). The highest BCUT2D eigenvalue weighted by atomic mass is 32.1. The molecule has 92 valence electrons. The summed E-state index contributed by atoms with van der Waals surface area (Å²) in [5, 5.41) is 9.32. The van der Waals surface area contributed by atoms with Crippen LogP contribution in [0.1, 0.15) is 43.4 Å². The number of rotatable bonds is 4. The van der Waals surface area contributed by atoms with Gasteiger partial charge in [-0.2, -0.15) is 5.10 Å². The van der Waals surface area contributed by atoms with Gasteiger partial charge < -0.3 is 4.57 Å². The van der Waals surface area contributed by atoms with Gasteiger partial charge in [0.2, 0.25) is 0 Å². The van der Waals surface area contributed by atoms with Gasteiger partial charge in [-0.15, -0.1) is 11.3 Å². The average Bonchev–Trinajstić information content (AvgIpc) is 2.86. The van der Waals surface area contributed by atoms with Crippen molar-refractivity contribution >= 4 is 23.6 Å². The van der Waals surface area contributed by atoms with Crippen LogP contribution < -0.4 is 0 Å². The summed E-state index contributed by atoms with van der Waals surface area (Å²) in [4.78, 5) is 1.38. The highest BCUT2D eigenvalue weighted by Crippen LogP contribution is 2.22. The highest BCUT2D eigenvalue weighted by Gasteiger charge is 2.15. The molecular formula is C12H17N3S2. The molecule has 2 rings (SSSR count). The summed E-state index contributed by atoms with van der Waals surface area (Å²) in [6.07, 6.45) is 1.01. The maximum atomic E-state index is 5.31. The lowest BCUT2D eigenvalue weighted by Crippen LogP contribution is -2.12. The Morgan fingerprint density at radius 2 is 2.24 bits per heavy atom. The molecule has 2 aromatic rings. The minimum absolute atomic E-state index is 0.345. The van der Waals surface area contributed by atoms with E-state index in [1.54, 1.807) is 11.3 Å². The molecule has 1 atom stereocenters. The van der Waals surface area contributed by atoms with Crippen LogP contribution in [0.3, 0.4) is 0 Å². The van der Waals surface area contributed by atoms with Crippen LogP contribution in [0.15, 0.2) is 17.5 Å². The van der Waals surface area contributed by atoms with Gasteiger partial charge in [-0.05, 0) is 30.6 Å². The van der Waals surface area contributed by atoms with E-state index in [1.165, 1.54) is 4.88 Å². The maximum absolute atomic E-state index is 5.31. The third kappa shape index (κ3) is 2.66. The predicted octanol–water partition coefficient (Wildman–Crippen LogP) is 3.93. The molecule has 2 aromatic heterocycles. The summed E-state index contributed by atoms with van der Waals surface area (Å²) in [6, 6.07) is 4.60. The molecule has 3 nitrogen and oxygen atoms in total. The number of aromatic amines is 1. The van der Waals surface area contributed by atoms with E-state index in [2.05, 4.69) is 53.0 Å². The summed E-state index contributed by atoms with van der Waals surface area (Å²) in [7, 11) is 0. The quantitative estimate of drug-likeness (QED) is 0.852. The van der Waals surface area contributed by atoms with E-state index in [1.807, 2.05) is 0 Å². The number of thiophene rings is 1. The molecule has 0 spiro atoms. The number of nitrogens with zero attached hydrogens (tertiary/aromatic N) is 2. The van der Waals surface area contributed by atoms with Crippen molar-refractivity contribution in [3.05, 3.63) is 33.0 Å². The van der Waals surface area contributed by atoms with E-state index in [-0.39, 0.29) is 0 Å². The second-order valence-corrected chi connectivity index (χ2v) is 5.96. The Morgan fingerprint density at radius 3 is 2.82 bits per heavy atom. The fraction of sp³-hybridized carbons (Fsp3) is 0.500. The second kappa shape index (κ2) is 5.14. The lowest BCUT2D eigenvalue weighted by Gasteiger charge is -2.16. The molecule has 0 aliphatic rings. The Labute approximate surface area is 111 Å². The van der Waals surface area contributed by atoms with Crippen LogP contribution in [-0.4, -0.2) is 14.8 Å². The van der Waals surface area contributed by atoms with Crippen molar-refractivity contribution in [1.82, 2.24) is 14.8 Å². The first-order valence-corrected chi connectivity index (χ1v) is 7.07. The van der Waals surface area contributed by atoms with Crippen LogP contribution in [-0.2, 0) is 6.42 Å². The third-order valence-electron chi connectivity index (χ3n) is 2.77. The van der Waals surface area contributed by atoms with Crippen molar-refractivity contribution in [2.75, 3.05) is 0 Å². The molecule has 0 saturated carbocycles. The number of nitrogens with one attached hydrogen (secondary N) is 1. The third-order valence-corrected chi connectivity index (χ3v) is 3.95. The Kier molecular flexibility index (Phi) is 3.79. The maximum Gasteiger partial charge on any atom is 0.195 e. The number of H-pyrrole nitrogens is 1. The van der Waals surface area contributed by atoms with Gasteiger partial charge in [-0.25, -0.2) is 0 Å². The van der Waals surface area contributed by atoms with E-state index in [0.29, 0.717) is 12.0 Å². The monoisotopic (exact) mass is 267 g/mol. The minimum Gasteiger partial charge on any atom is -0.301 e. The molecule has 0 fully saturated rings. The van der Waals surface area contributed by atoms with Crippen molar-refractivity contribution in [3.8, 4) is 0 Å². The van der Waals surface area contributed by atoms with Gasteiger partial charge >= 0.3 is 0 Å². The van der Waals surface area contributed by atoms with Crippen LogP contribution in [0.25, 0.3) is 0 Å². The minimum atomic E-state index is 0.345. The number of hydrogen-bond acceptors (Lipinski definition) is 3. The lowest BCUT2D eigenvalue weighted by atomic mass is 10.1. The van der Waals surface area contributed by atoms with Gasteiger partial charge in [0, 0.05) is 23.3 Å². The molecule has 1 unspecified atom stereocenters. The first kappa shape index (κ1) is 12.5. The topological polar surface area (TPSA) is 33.6 Å². The van der Waals surface area contributed by atoms with Crippen LogP contribution in [0, 0.1) is 4.77 Å². The first-order chi connectivity index (χ1) is 8.09. The SMILES string of the molecule is CC(C)c1n[nH]c(=S)n1C(C)Cc1cccs1. The molecule has 0 aliphatic heterocycles. The Morgan fingerprint density at radius 1 is 1.47 bits per heavy atom. The Bertz CT molecular complexity index is 522. The Hall–Kier alpha value is -0.940. The van der Waals surface area contributed by atoms with Crippen molar-refractivity contribution in [3.63, 3.8) is 0 Å². The average molecular weight is 267 g/mol. The normalized spacial score (nSPS) is 13.2. The zero-order chi connectivity index (χ0) is 12.4. The van der Waals surface area contributed by atoms with Gasteiger partial charge in [0.1, 0.15) is 5.82 Å². The smallest absolute Gasteiger partial charge is 0.195 e. The molecule has 1 N–H and O–H groups in total. The van der Waals surface area contributed by atoms with Gasteiger partial charge in [0.15, 0.2) is 4.77 Å². The van der Waals surface area contributed by atoms with Crippen LogP contribution >= 0.6 is 23.6 Å². The van der Waals surface area contributed by atoms with Crippen LogP contribution in [0.5, 0.6) is 0 Å². The van der Waals surface area contributed by atoms with E-state index >= 15 is 0 Å². The zero-order valence-corrected chi connectivity index (χ0v) is 11.9. The number of hydrogen-bond donors (Lipinski definition) is 1. The molecule has 0 radical (unpaired) electrons. The van der Waals surface area contributed by atoms with Gasteiger partial charge in [0.05, 0.1) is 0 Å². The summed E-state index contributed by atoms with van der Waals surface area (Å²) in [5.74, 6) is 1.42. The lowest BCUT2D eigenvalue weighted by molar-refractivity contribution is 0.506. The molecule has 0 aromatic carbocycles. The zero-order valence-electron chi connectivity index (χ0n) is 10.3. The second-order valence-electron chi connectivity index (χ2n) is 4.54. The molecule has 17 heavy (non-hydrogen) atoms. The molecule has 0 bridgehead atoms. The summed E-state index contributed by atoms with van der Waals surface area (Å²) < 4.78 is 2.86. The summed E-state index contributed by atoms with van der Waals surface area (Å²) in [6.45, 7) is 6.47. The molecule has 0 aliphatic carbocycles. The molecule has 5 heteroatoms. The molecule has 0 amide bonds. The van der Waals surface area contributed by atoms with E-state index in [4.69, 9.17) is 12.2 Å². The highest BCUT2D eigenvalue weighted by molar-refractivity contribution is 7.71. The number of aromatic nitrogens is 3. The predicted molar refractivity (Wildman–Crippen MR) is 74.2 cm³/mol. The van der Waals surface area contributed by atoms with Gasteiger partial charge in [0.25, 0.3) is 0 Å². The van der Waals surface area contributed by atoms with Crippen LogP contribution in [0.4, 0.5) is 0 Å². The van der Waals surface area contributed by atoms with Crippen molar-refractivity contribution in [2.24, 2.45) is 0 Å². The van der Waals surface area contributed by atoms with Crippen LogP contribution in [0.2, 0.25) is 0 Å². The van der Waals surface area contributed by atoms with E-state index < -0.39 is 0 Å². The summed E-state index contributed by atoms with van der Waals surface area (Å²) in [5.41, 5.74) is 0. The fourth-order valence-electron chi connectivity index (χ4n) is 1.96. The van der Waals surface area contributed by atoms with E-state index in [9.17, 15) is 0 Å². The Balaban J connectivity index is 2.27.